The lowest BCUT2D eigenvalue weighted by atomic mass is 9.85. The van der Waals surface area contributed by atoms with Gasteiger partial charge in [-0.3, -0.25) is 38.4 Å². The molecule has 8 aromatic rings. The third-order valence-corrected chi connectivity index (χ3v) is 23.5. The zero-order valence-corrected chi connectivity index (χ0v) is 69.6. The Labute approximate surface area is 745 Å². The number of ether oxygens (including phenoxy) is 9. The molecule has 22 N–H and O–H groups in total. The van der Waals surface area contributed by atoms with Crippen molar-refractivity contribution in [3.63, 3.8) is 0 Å². The van der Waals surface area contributed by atoms with Crippen molar-refractivity contribution in [1.82, 2.24) is 31.9 Å². The molecule has 0 radical (unpaired) electrons. The molecular weight excluding hydrogens is 1750 g/mol. The molecular formula is C88H87Cl2N7O33. The Kier molecular flexibility index (Phi) is 28.7. The SMILES string of the molecule is CC(=O)NC1[C@H](O[C@@H]2c3ccc(c(Cl)c3)Oc3cc4cc(c3O[C@@H]3OC(CO)[C@@H](O)[C@H](O)C3NC(=O)Cc3ccccc3)Oc3ccc(cc3Cl)C[C@H]3NC(=O)[C@H](N)c5ccc(O)c(c5)Oc5cc(O)cc(c5)[C@H](CC3=O)C(=O)N[C@H]4C(=O)C[C@H]3C(=O)N[C@@H]2C(=O)NCc2cc(O)cc(O[C@H]4OC(CO)[C@@H](O)C(O)[C@H]4O)c2-c2cc3ccc2O)OC(CO)[C@@H](O)[C@@H]1O.O=C=O. The van der Waals surface area contributed by atoms with E-state index in [-0.39, 0.29) is 79.4 Å². The number of Topliss-reactive ketones (excluding diaryl/α,β-unsaturated/α-hetero) is 2. The Morgan fingerprint density at radius 3 is 1.75 bits per heavy atom. The van der Waals surface area contributed by atoms with Crippen LogP contribution in [-0.4, -0.2) is 249 Å². The van der Waals surface area contributed by atoms with Crippen LogP contribution in [0.1, 0.15) is 94.3 Å². The molecule has 6 unspecified atom stereocenters. The predicted molar refractivity (Wildman–Crippen MR) is 442 cm³/mol. The molecule has 17 bridgehead atoms. The number of nitrogens with one attached hydrogen (secondary N) is 6. The molecule has 0 aromatic heterocycles. The summed E-state index contributed by atoms with van der Waals surface area (Å²) in [5, 5.41) is 174. The number of halogens is 2. The molecule has 0 spiro atoms. The van der Waals surface area contributed by atoms with Crippen molar-refractivity contribution < 1.29 is 162 Å². The summed E-state index contributed by atoms with van der Waals surface area (Å²) >= 11 is 14.8. The van der Waals surface area contributed by atoms with E-state index in [2.05, 4.69) is 31.9 Å². The Hall–Kier alpha value is -12.5. The molecule has 9 aliphatic heterocycles. The van der Waals surface area contributed by atoms with Gasteiger partial charge in [-0.25, -0.2) is 0 Å². The van der Waals surface area contributed by atoms with Crippen LogP contribution in [0.5, 0.6) is 69.0 Å². The average Bonchev–Trinajstić information content (AvgIpc) is 0.760. The highest BCUT2D eigenvalue weighted by Crippen LogP contribution is 2.51. The lowest BCUT2D eigenvalue weighted by molar-refractivity contribution is -0.284. The number of carbonyl (C=O) groups excluding carboxylic acids is 10. The van der Waals surface area contributed by atoms with E-state index in [9.17, 15) is 85.9 Å². The molecule has 8 aromatic carbocycles. The number of aromatic hydroxyl groups is 4. The number of carbonyl (C=O) groups is 8. The van der Waals surface area contributed by atoms with Crippen LogP contribution < -0.4 is 61.3 Å². The average molecular weight is 1840 g/mol. The molecule has 6 amide bonds. The van der Waals surface area contributed by atoms with E-state index in [0.717, 1.165) is 67.6 Å². The number of aliphatic hydroxyl groups excluding tert-OH is 10. The van der Waals surface area contributed by atoms with Gasteiger partial charge in [0, 0.05) is 49.6 Å². The maximum absolute atomic E-state index is 17.1. The minimum atomic E-state index is -2.31. The van der Waals surface area contributed by atoms with Gasteiger partial charge in [0.2, 0.25) is 53.8 Å². The summed E-state index contributed by atoms with van der Waals surface area (Å²) in [6, 6.07) is 19.2. The summed E-state index contributed by atoms with van der Waals surface area (Å²) < 4.78 is 57.8. The van der Waals surface area contributed by atoms with Crippen molar-refractivity contribution in [3.8, 4) is 80.1 Å². The van der Waals surface area contributed by atoms with Crippen molar-refractivity contribution in [2.24, 2.45) is 5.73 Å². The number of aliphatic hydroxyl groups is 10. The van der Waals surface area contributed by atoms with Crippen molar-refractivity contribution in [2.75, 3.05) is 19.8 Å². The standard InChI is InChI=1S/C87H87Cl2N7O31.CO2/c1-34(100)92-69-75(111)72(108)62(31-97)123-85(69)126-79-39-10-14-57(50(89)22-39)121-61-25-41-24-60(80(61)127-86-70(76(112)73(109)63(32-98)124-86)94-65(107)17-35-5-3-2-4-6-35)120-56-13-7-36(15-49(56)88)16-51-54(105)28-47(40-18-43(101)26-45(20-40)119-58-23-38(9-12-53(58)104)67(90)83(117)93-51)82(116)95-68(41)55(106)29-46-37-8-11-52(103)48(21-37)66-42(30-91-84(118)71(79)96-81(46)115)19-44(102)27-59(66)122-87-78(114)77(113)74(110)64(33-99)125-87;2-1-3/h2-15,18-27,46-47,51,62-64,67-79,85-87,97-99,101-104,108-114H,16-17,28-33,90H2,1H3,(H,91,118)(H,92,100)(H,93,117)(H,94,107)(H,95,116)(H,96,115);/t46-,47+,51-,62?,63?,64?,67-,68-,69?,70?,71+,72-,73-,74-,75-,76-,77?,78-,79-,85+,86+,87+;/m1./s1. The fraction of sp³-hybridized carbons (Fsp3) is 0.352. The van der Waals surface area contributed by atoms with Gasteiger partial charge in [0.1, 0.15) is 138 Å². The van der Waals surface area contributed by atoms with Gasteiger partial charge in [0.15, 0.2) is 40.9 Å². The number of amides is 6. The van der Waals surface area contributed by atoms with Gasteiger partial charge in [-0.2, -0.15) is 9.59 Å². The van der Waals surface area contributed by atoms with E-state index < -0.39 is 289 Å². The number of fused-ring (bicyclic) bond motifs is 14. The van der Waals surface area contributed by atoms with Crippen molar-refractivity contribution in [1.29, 1.82) is 0 Å². The minimum absolute atomic E-state index is 0.0678. The summed E-state index contributed by atoms with van der Waals surface area (Å²) in [5.41, 5.74) is 5.40. The third-order valence-electron chi connectivity index (χ3n) is 22.9. The topological polar surface area (TPSA) is 635 Å². The Morgan fingerprint density at radius 1 is 0.515 bits per heavy atom. The highest BCUT2D eigenvalue weighted by atomic mass is 35.5. The van der Waals surface area contributed by atoms with E-state index in [1.807, 2.05) is 0 Å². The van der Waals surface area contributed by atoms with E-state index in [0.29, 0.717) is 5.56 Å². The lowest BCUT2D eigenvalue weighted by Gasteiger charge is -2.44. The van der Waals surface area contributed by atoms with Crippen LogP contribution >= 0.6 is 23.2 Å². The van der Waals surface area contributed by atoms with Crippen LogP contribution in [0.3, 0.4) is 0 Å². The summed E-state index contributed by atoms with van der Waals surface area (Å²) in [7, 11) is 0. The van der Waals surface area contributed by atoms with Gasteiger partial charge in [-0.05, 0) is 130 Å². The third kappa shape index (κ3) is 20.1. The fourth-order valence-electron chi connectivity index (χ4n) is 16.3. The smallest absolute Gasteiger partial charge is 0.373 e. The number of hydrogen-bond acceptors (Lipinski definition) is 34. The van der Waals surface area contributed by atoms with Crippen LogP contribution in [0, 0.1) is 0 Å². The van der Waals surface area contributed by atoms with E-state index in [4.69, 9.17) is 81.2 Å². The number of phenols is 4. The Morgan fingerprint density at radius 2 is 1.09 bits per heavy atom. The molecule has 22 atom stereocenters. The van der Waals surface area contributed by atoms with Gasteiger partial charge in [0.05, 0.1) is 54.2 Å². The number of ketones is 2. The molecule has 42 heteroatoms. The maximum atomic E-state index is 17.1. The lowest BCUT2D eigenvalue weighted by Crippen LogP contribution is -2.65. The first-order chi connectivity index (χ1) is 62.1. The highest BCUT2D eigenvalue weighted by molar-refractivity contribution is 6.32. The van der Waals surface area contributed by atoms with Crippen LogP contribution in [0.25, 0.3) is 11.1 Å². The molecule has 0 saturated carbocycles. The quantitative estimate of drug-likeness (QED) is 0.0760. The first-order valence-electron chi connectivity index (χ1n) is 40.4. The van der Waals surface area contributed by atoms with Gasteiger partial charge in [-0.15, -0.1) is 0 Å². The second kappa shape index (κ2) is 39.8. The molecule has 130 heavy (non-hydrogen) atoms. The van der Waals surface area contributed by atoms with Gasteiger partial charge in [0.25, 0.3) is 0 Å². The van der Waals surface area contributed by atoms with Crippen molar-refractivity contribution >= 4 is 76.4 Å². The van der Waals surface area contributed by atoms with Gasteiger partial charge in [-0.1, -0.05) is 77.8 Å². The summed E-state index contributed by atoms with van der Waals surface area (Å²) in [6.07, 6.45) is -30.0. The highest BCUT2D eigenvalue weighted by Gasteiger charge is 2.52. The van der Waals surface area contributed by atoms with Crippen LogP contribution in [-0.2, 0) is 86.3 Å². The first-order valence-corrected chi connectivity index (χ1v) is 41.2. The van der Waals surface area contributed by atoms with E-state index in [1.54, 1.807) is 30.3 Å². The number of hydrogen-bond donors (Lipinski definition) is 21. The molecule has 3 fully saturated rings. The van der Waals surface area contributed by atoms with Gasteiger partial charge < -0.3 is 152 Å². The Bertz CT molecular complexity index is 5690. The minimum Gasteiger partial charge on any atom is -0.508 e. The van der Waals surface area contributed by atoms with Crippen LogP contribution in [0.4, 0.5) is 0 Å². The van der Waals surface area contributed by atoms with E-state index >= 15 is 24.0 Å². The maximum Gasteiger partial charge on any atom is 0.373 e. The number of benzene rings is 8. The fourth-order valence-corrected chi connectivity index (χ4v) is 16.8. The number of rotatable bonds is 13. The molecule has 3 saturated heterocycles. The van der Waals surface area contributed by atoms with Gasteiger partial charge >= 0.3 is 6.15 Å². The zero-order chi connectivity index (χ0) is 93.1. The summed E-state index contributed by atoms with van der Waals surface area (Å²) in [4.78, 5) is 140. The van der Waals surface area contributed by atoms with Crippen molar-refractivity contribution in [3.05, 3.63) is 200 Å². The number of nitrogens with two attached hydrogens (primary N) is 1. The first kappa shape index (κ1) is 93.6. The monoisotopic (exact) mass is 1840 g/mol. The predicted octanol–water partition coefficient (Wildman–Crippen LogP) is 0.827. The van der Waals surface area contributed by atoms with Crippen LogP contribution in [0.15, 0.2) is 146 Å². The summed E-state index contributed by atoms with van der Waals surface area (Å²) in [5.74, 6) is -18.7. The molecule has 40 nitrogen and oxygen atoms in total. The molecule has 9 aliphatic rings. The second-order valence-electron chi connectivity index (χ2n) is 31.7. The molecule has 9 heterocycles. The molecule has 686 valence electrons. The van der Waals surface area contributed by atoms with Crippen molar-refractivity contribution in [2.45, 2.75) is 173 Å². The summed E-state index contributed by atoms with van der Waals surface area (Å²) in [6.45, 7) is -2.70. The normalized spacial score (nSPS) is 28.4. The second-order valence-corrected chi connectivity index (χ2v) is 32.5. The zero-order valence-electron chi connectivity index (χ0n) is 68.1. The molecule has 17 rings (SSSR count). The Balaban J connectivity index is 0.00000448. The largest absolute Gasteiger partial charge is 0.508 e. The van der Waals surface area contributed by atoms with Crippen LogP contribution in [0.2, 0.25) is 10.0 Å². The van der Waals surface area contributed by atoms with E-state index in [1.165, 1.54) is 54.6 Å². The molecule has 0 aliphatic carbocycles. The number of phenolic OH excluding ortho intramolecular Hbond substituents is 4.